The highest BCUT2D eigenvalue weighted by Crippen LogP contribution is 2.32. The van der Waals surface area contributed by atoms with E-state index in [1.165, 1.54) is 11.4 Å². The Bertz CT molecular complexity index is 1110. The molecule has 1 aliphatic rings. The van der Waals surface area contributed by atoms with Gasteiger partial charge in [-0.3, -0.25) is 4.79 Å². The van der Waals surface area contributed by atoms with Gasteiger partial charge in [0.1, 0.15) is 11.5 Å². The summed E-state index contributed by atoms with van der Waals surface area (Å²) < 4.78 is 38.4. The number of nitrogens with zero attached hydrogens (tertiary/aromatic N) is 1. The molecule has 0 aliphatic carbocycles. The van der Waals surface area contributed by atoms with E-state index in [1.54, 1.807) is 31.4 Å². The molecule has 8 heteroatoms. The molecule has 7 nitrogen and oxygen atoms in total. The number of rotatable bonds is 8. The molecule has 0 unspecified atom stereocenters. The number of benzene rings is 2. The molecule has 1 N–H and O–H groups in total. The Hall–Kier alpha value is -2.58. The van der Waals surface area contributed by atoms with Crippen LogP contribution in [0.5, 0.6) is 11.5 Å². The van der Waals surface area contributed by atoms with Crippen LogP contribution in [0.4, 0.5) is 0 Å². The zero-order valence-electron chi connectivity index (χ0n) is 20.9. The molecule has 0 spiro atoms. The van der Waals surface area contributed by atoms with Gasteiger partial charge in [-0.05, 0) is 85.7 Å². The summed E-state index contributed by atoms with van der Waals surface area (Å²) in [4.78, 5) is 13.4. The number of carbonyl (C=O) groups excluding carboxylic acids is 1. The second-order valence-corrected chi connectivity index (χ2v) is 11.2. The van der Waals surface area contributed by atoms with Crippen LogP contribution in [0.15, 0.2) is 41.3 Å². The van der Waals surface area contributed by atoms with E-state index in [0.29, 0.717) is 25.1 Å². The summed E-state index contributed by atoms with van der Waals surface area (Å²) in [5.74, 6) is 1.21. The standard InChI is InChI=1S/C26H36N2O5S/c1-17(2)23-15-24(18(3)14-25(23)33-6)19(4)27-26(29)20-8-7-13-28(16-20)34(30,31)22-11-9-21(32-5)10-12-22/h9-12,14-15,17,19-20H,7-8,13,16H2,1-6H3,(H,27,29)/t19-,20+/m0/s1. The van der Waals surface area contributed by atoms with Crippen molar-refractivity contribution in [3.05, 3.63) is 53.1 Å². The van der Waals surface area contributed by atoms with E-state index < -0.39 is 15.9 Å². The molecule has 1 aliphatic heterocycles. The number of nitrogens with one attached hydrogen (secondary N) is 1. The number of carbonyl (C=O) groups is 1. The van der Waals surface area contributed by atoms with E-state index in [1.807, 2.05) is 19.9 Å². The number of piperidine rings is 1. The number of hydrogen-bond acceptors (Lipinski definition) is 5. The smallest absolute Gasteiger partial charge is 0.243 e. The molecule has 2 aromatic carbocycles. The molecule has 0 bridgehead atoms. The van der Waals surface area contributed by atoms with Gasteiger partial charge in [-0.1, -0.05) is 13.8 Å². The van der Waals surface area contributed by atoms with Crippen molar-refractivity contribution in [2.24, 2.45) is 5.92 Å². The average Bonchev–Trinajstić information content (AvgIpc) is 2.83. The Kier molecular flexibility index (Phi) is 8.25. The van der Waals surface area contributed by atoms with E-state index >= 15 is 0 Å². The number of aryl methyl sites for hydroxylation is 1. The van der Waals surface area contributed by atoms with Crippen molar-refractivity contribution < 1.29 is 22.7 Å². The second kappa shape index (κ2) is 10.8. The quantitative estimate of drug-likeness (QED) is 0.595. The predicted molar refractivity (Wildman–Crippen MR) is 133 cm³/mol. The summed E-state index contributed by atoms with van der Waals surface area (Å²) >= 11 is 0. The maximum Gasteiger partial charge on any atom is 0.243 e. The van der Waals surface area contributed by atoms with Crippen molar-refractivity contribution in [2.75, 3.05) is 27.3 Å². The summed E-state index contributed by atoms with van der Waals surface area (Å²) in [6.07, 6.45) is 1.30. The van der Waals surface area contributed by atoms with Gasteiger partial charge in [-0.2, -0.15) is 4.31 Å². The maximum absolute atomic E-state index is 13.2. The lowest BCUT2D eigenvalue weighted by atomic mass is 9.92. The summed E-state index contributed by atoms with van der Waals surface area (Å²) in [5, 5.41) is 3.12. The van der Waals surface area contributed by atoms with Gasteiger partial charge in [0.05, 0.1) is 31.1 Å². The zero-order chi connectivity index (χ0) is 25.0. The number of sulfonamides is 1. The summed E-state index contributed by atoms with van der Waals surface area (Å²) in [7, 11) is -0.476. The number of hydrogen-bond donors (Lipinski definition) is 1. The Morgan fingerprint density at radius 3 is 2.32 bits per heavy atom. The highest BCUT2D eigenvalue weighted by Gasteiger charge is 2.34. The van der Waals surface area contributed by atoms with Crippen LogP contribution in [0.25, 0.3) is 0 Å². The van der Waals surface area contributed by atoms with Gasteiger partial charge in [0, 0.05) is 13.1 Å². The normalized spacial score (nSPS) is 17.9. The molecule has 0 aromatic heterocycles. The molecule has 186 valence electrons. The monoisotopic (exact) mass is 488 g/mol. The minimum atomic E-state index is -3.68. The molecule has 1 amide bonds. The van der Waals surface area contributed by atoms with E-state index in [0.717, 1.165) is 22.4 Å². The fraction of sp³-hybridized carbons (Fsp3) is 0.500. The third-order valence-corrected chi connectivity index (χ3v) is 8.40. The van der Waals surface area contributed by atoms with E-state index in [-0.39, 0.29) is 29.3 Å². The molecule has 0 radical (unpaired) electrons. The van der Waals surface area contributed by atoms with Crippen molar-refractivity contribution in [1.29, 1.82) is 0 Å². The lowest BCUT2D eigenvalue weighted by Crippen LogP contribution is -2.45. The van der Waals surface area contributed by atoms with E-state index in [2.05, 4.69) is 25.2 Å². The van der Waals surface area contributed by atoms with Crippen LogP contribution >= 0.6 is 0 Å². The summed E-state index contributed by atoms with van der Waals surface area (Å²) in [6.45, 7) is 8.77. The van der Waals surface area contributed by atoms with Crippen LogP contribution in [0.2, 0.25) is 0 Å². The van der Waals surface area contributed by atoms with E-state index in [4.69, 9.17) is 9.47 Å². The second-order valence-electron chi connectivity index (χ2n) is 9.21. The SMILES string of the molecule is COc1ccc(S(=O)(=O)N2CCC[C@@H](C(=O)N[C@@H](C)c3cc(C(C)C)c(OC)cc3C)C2)cc1. The molecule has 0 saturated carbocycles. The van der Waals surface area contributed by atoms with Gasteiger partial charge in [0.25, 0.3) is 0 Å². The van der Waals surface area contributed by atoms with Crippen molar-refractivity contribution in [1.82, 2.24) is 9.62 Å². The molecular formula is C26H36N2O5S. The van der Waals surface area contributed by atoms with Gasteiger partial charge < -0.3 is 14.8 Å². The van der Waals surface area contributed by atoms with Crippen molar-refractivity contribution in [3.63, 3.8) is 0 Å². The fourth-order valence-corrected chi connectivity index (χ4v) is 6.01. The first-order valence-electron chi connectivity index (χ1n) is 11.7. The zero-order valence-corrected chi connectivity index (χ0v) is 21.7. The van der Waals surface area contributed by atoms with Gasteiger partial charge in [0.15, 0.2) is 0 Å². The highest BCUT2D eigenvalue weighted by molar-refractivity contribution is 7.89. The molecule has 1 fully saturated rings. The van der Waals surface area contributed by atoms with E-state index in [9.17, 15) is 13.2 Å². The first-order chi connectivity index (χ1) is 16.1. The van der Waals surface area contributed by atoms with Crippen LogP contribution in [0, 0.1) is 12.8 Å². The topological polar surface area (TPSA) is 84.9 Å². The summed E-state index contributed by atoms with van der Waals surface area (Å²) in [5.41, 5.74) is 3.18. The first-order valence-corrected chi connectivity index (χ1v) is 13.2. The third kappa shape index (κ3) is 5.55. The average molecular weight is 489 g/mol. The van der Waals surface area contributed by atoms with Crippen LogP contribution in [0.3, 0.4) is 0 Å². The largest absolute Gasteiger partial charge is 0.497 e. The molecule has 34 heavy (non-hydrogen) atoms. The minimum absolute atomic E-state index is 0.122. The Morgan fingerprint density at radius 1 is 1.06 bits per heavy atom. The molecule has 1 saturated heterocycles. The molecule has 2 aromatic rings. The van der Waals surface area contributed by atoms with Crippen LogP contribution in [0.1, 0.15) is 62.3 Å². The Balaban J connectivity index is 1.73. The van der Waals surface area contributed by atoms with Gasteiger partial charge in [-0.15, -0.1) is 0 Å². The molecule has 3 rings (SSSR count). The lowest BCUT2D eigenvalue weighted by Gasteiger charge is -2.32. The Labute approximate surface area is 203 Å². The van der Waals surface area contributed by atoms with Crippen LogP contribution in [-0.4, -0.2) is 45.9 Å². The summed E-state index contributed by atoms with van der Waals surface area (Å²) in [6, 6.07) is 10.3. The first kappa shape index (κ1) is 26.0. The van der Waals surface area contributed by atoms with Crippen LogP contribution in [-0.2, 0) is 14.8 Å². The molecule has 2 atom stereocenters. The van der Waals surface area contributed by atoms with Crippen molar-refractivity contribution >= 4 is 15.9 Å². The molecule has 1 heterocycles. The van der Waals surface area contributed by atoms with Gasteiger partial charge in [0.2, 0.25) is 15.9 Å². The Morgan fingerprint density at radius 2 is 1.74 bits per heavy atom. The molecular weight excluding hydrogens is 452 g/mol. The predicted octanol–water partition coefficient (Wildman–Crippen LogP) is 4.41. The van der Waals surface area contributed by atoms with Crippen molar-refractivity contribution in [3.8, 4) is 11.5 Å². The highest BCUT2D eigenvalue weighted by atomic mass is 32.2. The number of methoxy groups -OCH3 is 2. The number of amides is 1. The maximum atomic E-state index is 13.2. The van der Waals surface area contributed by atoms with Gasteiger partial charge >= 0.3 is 0 Å². The lowest BCUT2D eigenvalue weighted by molar-refractivity contribution is -0.126. The third-order valence-electron chi connectivity index (χ3n) is 6.52. The number of ether oxygens (including phenoxy) is 2. The van der Waals surface area contributed by atoms with Crippen LogP contribution < -0.4 is 14.8 Å². The van der Waals surface area contributed by atoms with Gasteiger partial charge in [-0.25, -0.2) is 8.42 Å². The minimum Gasteiger partial charge on any atom is -0.497 e. The fourth-order valence-electron chi connectivity index (χ4n) is 4.49. The van der Waals surface area contributed by atoms with Crippen molar-refractivity contribution in [2.45, 2.75) is 57.4 Å².